The fraction of sp³-hybridized carbons (Fsp3) is 0.571. The van der Waals surface area contributed by atoms with E-state index < -0.39 is 0 Å². The molecule has 92 valence electrons. The highest BCUT2D eigenvalue weighted by molar-refractivity contribution is 8.00. The first-order valence-electron chi connectivity index (χ1n) is 6.56. The number of benzene rings is 1. The molecule has 0 aliphatic carbocycles. The van der Waals surface area contributed by atoms with Crippen LogP contribution < -0.4 is 5.32 Å². The lowest BCUT2D eigenvalue weighted by atomic mass is 10.1. The van der Waals surface area contributed by atoms with Gasteiger partial charge >= 0.3 is 0 Å². The van der Waals surface area contributed by atoms with Crippen molar-refractivity contribution in [3.8, 4) is 0 Å². The predicted octanol–water partition coefficient (Wildman–Crippen LogP) is 2.00. The second kappa shape index (κ2) is 5.01. The van der Waals surface area contributed by atoms with Crippen molar-refractivity contribution in [1.82, 2.24) is 10.2 Å². The Morgan fingerprint density at radius 2 is 2.18 bits per heavy atom. The normalized spacial score (nSPS) is 23.8. The van der Waals surface area contributed by atoms with Gasteiger partial charge in [0.05, 0.1) is 0 Å². The molecule has 3 heteroatoms. The second-order valence-corrected chi connectivity index (χ2v) is 6.29. The SMILES string of the molecule is CCN(CC1Cc2ccccc2S1)C1CNC1. The minimum atomic E-state index is 0.757. The molecule has 3 rings (SSSR count). The molecule has 0 bridgehead atoms. The Hall–Kier alpha value is -0.510. The van der Waals surface area contributed by atoms with E-state index in [0.717, 1.165) is 11.3 Å². The molecule has 2 heterocycles. The van der Waals surface area contributed by atoms with Crippen molar-refractivity contribution in [2.75, 3.05) is 26.2 Å². The molecule has 1 aromatic carbocycles. The molecule has 1 atom stereocenters. The van der Waals surface area contributed by atoms with E-state index in [9.17, 15) is 0 Å². The zero-order valence-corrected chi connectivity index (χ0v) is 11.2. The van der Waals surface area contributed by atoms with Crippen LogP contribution in [-0.2, 0) is 6.42 Å². The molecule has 1 aromatic rings. The summed E-state index contributed by atoms with van der Waals surface area (Å²) in [5.74, 6) is 0. The van der Waals surface area contributed by atoms with Gasteiger partial charge in [0.1, 0.15) is 0 Å². The number of hydrogen-bond donors (Lipinski definition) is 1. The van der Waals surface area contributed by atoms with Gasteiger partial charge in [0.2, 0.25) is 0 Å². The van der Waals surface area contributed by atoms with Crippen molar-refractivity contribution in [3.63, 3.8) is 0 Å². The third-order valence-electron chi connectivity index (χ3n) is 3.83. The highest BCUT2D eigenvalue weighted by Crippen LogP contribution is 2.37. The summed E-state index contributed by atoms with van der Waals surface area (Å²) in [5, 5.41) is 4.13. The summed E-state index contributed by atoms with van der Waals surface area (Å²) >= 11 is 2.07. The molecule has 1 fully saturated rings. The van der Waals surface area contributed by atoms with Crippen LogP contribution in [-0.4, -0.2) is 42.4 Å². The predicted molar refractivity (Wildman–Crippen MR) is 73.7 cm³/mol. The Bertz CT molecular complexity index is 365. The summed E-state index contributed by atoms with van der Waals surface area (Å²) < 4.78 is 0. The zero-order chi connectivity index (χ0) is 11.7. The molecule has 2 nitrogen and oxygen atoms in total. The Kier molecular flexibility index (Phi) is 3.41. The summed E-state index contributed by atoms with van der Waals surface area (Å²) in [7, 11) is 0. The lowest BCUT2D eigenvalue weighted by molar-refractivity contribution is 0.154. The van der Waals surface area contributed by atoms with Crippen LogP contribution in [0.3, 0.4) is 0 Å². The monoisotopic (exact) mass is 248 g/mol. The minimum absolute atomic E-state index is 0.757. The average Bonchev–Trinajstić information content (AvgIpc) is 2.67. The van der Waals surface area contributed by atoms with Gasteiger partial charge in [-0.2, -0.15) is 0 Å². The van der Waals surface area contributed by atoms with Crippen LogP contribution in [0.25, 0.3) is 0 Å². The van der Waals surface area contributed by atoms with Crippen molar-refractivity contribution in [1.29, 1.82) is 0 Å². The number of rotatable bonds is 4. The standard InChI is InChI=1S/C14H20N2S/c1-2-16(12-8-15-9-12)10-13-7-11-5-3-4-6-14(11)17-13/h3-6,12-13,15H,2,7-10H2,1H3. The number of likely N-dealkylation sites (N-methyl/N-ethyl adjacent to an activating group) is 1. The highest BCUT2D eigenvalue weighted by Gasteiger charge is 2.28. The summed E-state index contributed by atoms with van der Waals surface area (Å²) in [6.45, 7) is 7.06. The highest BCUT2D eigenvalue weighted by atomic mass is 32.2. The molecule has 0 aromatic heterocycles. The molecule has 17 heavy (non-hydrogen) atoms. The first-order valence-corrected chi connectivity index (χ1v) is 7.44. The molecule has 2 aliphatic rings. The van der Waals surface area contributed by atoms with Crippen molar-refractivity contribution < 1.29 is 0 Å². The minimum Gasteiger partial charge on any atom is -0.314 e. The number of nitrogens with zero attached hydrogens (tertiary/aromatic N) is 1. The van der Waals surface area contributed by atoms with Crippen LogP contribution in [0.2, 0.25) is 0 Å². The molecular formula is C14H20N2S. The lowest BCUT2D eigenvalue weighted by Gasteiger charge is -2.38. The molecule has 0 radical (unpaired) electrons. The summed E-state index contributed by atoms with van der Waals surface area (Å²) in [4.78, 5) is 4.14. The number of fused-ring (bicyclic) bond motifs is 1. The van der Waals surface area contributed by atoms with Crippen molar-refractivity contribution in [2.24, 2.45) is 0 Å². The largest absolute Gasteiger partial charge is 0.314 e. The van der Waals surface area contributed by atoms with Crippen LogP contribution in [0.15, 0.2) is 29.2 Å². The Morgan fingerprint density at radius 1 is 1.35 bits per heavy atom. The van der Waals surface area contributed by atoms with E-state index in [4.69, 9.17) is 0 Å². The number of hydrogen-bond acceptors (Lipinski definition) is 3. The molecule has 0 saturated carbocycles. The van der Waals surface area contributed by atoms with Crippen molar-refractivity contribution in [3.05, 3.63) is 29.8 Å². The molecule has 1 unspecified atom stereocenters. The van der Waals surface area contributed by atoms with Gasteiger partial charge in [-0.25, -0.2) is 0 Å². The van der Waals surface area contributed by atoms with Gasteiger partial charge in [-0.3, -0.25) is 4.90 Å². The third-order valence-corrected chi connectivity index (χ3v) is 5.14. The summed E-state index contributed by atoms with van der Waals surface area (Å²) in [6, 6.07) is 9.64. The fourth-order valence-electron chi connectivity index (χ4n) is 2.69. The van der Waals surface area contributed by atoms with Crippen LogP contribution in [0, 0.1) is 0 Å². The second-order valence-electron chi connectivity index (χ2n) is 4.95. The van der Waals surface area contributed by atoms with Gasteiger partial charge in [0.15, 0.2) is 0 Å². The van der Waals surface area contributed by atoms with Gasteiger partial charge in [0.25, 0.3) is 0 Å². The lowest BCUT2D eigenvalue weighted by Crippen LogP contribution is -2.58. The Balaban J connectivity index is 1.60. The van der Waals surface area contributed by atoms with Gasteiger partial charge < -0.3 is 5.32 Å². The maximum absolute atomic E-state index is 3.37. The van der Waals surface area contributed by atoms with Crippen LogP contribution in [0.5, 0.6) is 0 Å². The summed E-state index contributed by atoms with van der Waals surface area (Å²) in [6.07, 6.45) is 1.25. The number of nitrogens with one attached hydrogen (secondary N) is 1. The van der Waals surface area contributed by atoms with E-state index in [2.05, 4.69) is 53.2 Å². The van der Waals surface area contributed by atoms with Gasteiger partial charge in [-0.1, -0.05) is 25.1 Å². The van der Waals surface area contributed by atoms with Gasteiger partial charge in [0, 0.05) is 35.8 Å². The maximum Gasteiger partial charge on any atom is 0.0345 e. The number of thioether (sulfide) groups is 1. The van der Waals surface area contributed by atoms with Crippen LogP contribution >= 0.6 is 11.8 Å². The smallest absolute Gasteiger partial charge is 0.0345 e. The molecule has 2 aliphatic heterocycles. The average molecular weight is 248 g/mol. The van der Waals surface area contributed by atoms with E-state index in [-0.39, 0.29) is 0 Å². The first-order chi connectivity index (χ1) is 8.36. The van der Waals surface area contributed by atoms with E-state index in [1.54, 1.807) is 5.56 Å². The summed E-state index contributed by atoms with van der Waals surface area (Å²) in [5.41, 5.74) is 1.55. The van der Waals surface area contributed by atoms with Crippen molar-refractivity contribution >= 4 is 11.8 Å². The van der Waals surface area contributed by atoms with Gasteiger partial charge in [-0.15, -0.1) is 11.8 Å². The van der Waals surface area contributed by atoms with Crippen molar-refractivity contribution in [2.45, 2.75) is 29.5 Å². The Morgan fingerprint density at radius 3 is 2.82 bits per heavy atom. The fourth-order valence-corrected chi connectivity index (χ4v) is 4.03. The van der Waals surface area contributed by atoms with E-state index in [0.29, 0.717) is 0 Å². The maximum atomic E-state index is 3.37. The first kappa shape index (κ1) is 11.6. The Labute approximate surface area is 108 Å². The van der Waals surface area contributed by atoms with Crippen LogP contribution in [0.1, 0.15) is 12.5 Å². The van der Waals surface area contributed by atoms with Crippen LogP contribution in [0.4, 0.5) is 0 Å². The van der Waals surface area contributed by atoms with E-state index in [1.807, 2.05) is 0 Å². The molecule has 1 saturated heterocycles. The zero-order valence-electron chi connectivity index (χ0n) is 10.4. The third kappa shape index (κ3) is 2.37. The quantitative estimate of drug-likeness (QED) is 0.877. The van der Waals surface area contributed by atoms with E-state index in [1.165, 1.54) is 37.5 Å². The topological polar surface area (TPSA) is 15.3 Å². The molecule has 0 amide bonds. The van der Waals surface area contributed by atoms with E-state index >= 15 is 0 Å². The molecule has 1 N–H and O–H groups in total. The molecular weight excluding hydrogens is 228 g/mol. The molecule has 0 spiro atoms. The van der Waals surface area contributed by atoms with Gasteiger partial charge in [-0.05, 0) is 24.6 Å².